The molecular formula is C18H12F3N5S2. The van der Waals surface area contributed by atoms with Crippen LogP contribution in [-0.2, 0) is 6.18 Å². The molecule has 5 nitrogen and oxygen atoms in total. The minimum Gasteiger partial charge on any atom is -0.322 e. The Morgan fingerprint density at radius 3 is 2.61 bits per heavy atom. The topological polar surface area (TPSA) is 57.7 Å². The van der Waals surface area contributed by atoms with Gasteiger partial charge in [0.2, 0.25) is 5.82 Å². The molecule has 1 aliphatic heterocycles. The fourth-order valence-corrected chi connectivity index (χ4v) is 4.12. The molecule has 0 amide bonds. The maximum absolute atomic E-state index is 13.0. The number of rotatable bonds is 3. The Morgan fingerprint density at radius 2 is 1.93 bits per heavy atom. The molecule has 2 aromatic carbocycles. The van der Waals surface area contributed by atoms with Crippen molar-refractivity contribution in [2.45, 2.75) is 6.18 Å². The van der Waals surface area contributed by atoms with Crippen molar-refractivity contribution < 1.29 is 13.2 Å². The zero-order valence-electron chi connectivity index (χ0n) is 14.1. The first-order chi connectivity index (χ1) is 13.4. The van der Waals surface area contributed by atoms with Gasteiger partial charge in [-0.3, -0.25) is 0 Å². The number of H-pyrrole nitrogens is 1. The Bertz CT molecular complexity index is 1030. The normalized spacial score (nSPS) is 16.2. The number of alkyl halides is 3. The van der Waals surface area contributed by atoms with Crippen molar-refractivity contribution in [3.05, 3.63) is 64.6 Å². The van der Waals surface area contributed by atoms with Gasteiger partial charge in [0.05, 0.1) is 12.1 Å². The number of aromatic amines is 1. The van der Waals surface area contributed by atoms with Crippen molar-refractivity contribution in [1.29, 1.82) is 0 Å². The van der Waals surface area contributed by atoms with Crippen molar-refractivity contribution in [2.24, 2.45) is 0 Å². The van der Waals surface area contributed by atoms with E-state index in [-0.39, 0.29) is 0 Å². The van der Waals surface area contributed by atoms with Crippen molar-refractivity contribution in [1.82, 2.24) is 20.6 Å². The molecule has 0 atom stereocenters. The number of halogens is 3. The van der Waals surface area contributed by atoms with Gasteiger partial charge >= 0.3 is 6.18 Å². The fraction of sp³-hybridized carbons (Fsp3) is 0.111. The SMILES string of the molecule is FC(F)(F)c1cccc(N2CC(=Cc3ccc(-c4nn[nH]n4)cc3)SC2=S)c1. The summed E-state index contributed by atoms with van der Waals surface area (Å²) < 4.78 is 39.4. The first-order valence-electron chi connectivity index (χ1n) is 8.11. The van der Waals surface area contributed by atoms with E-state index in [9.17, 15) is 13.2 Å². The lowest BCUT2D eigenvalue weighted by Gasteiger charge is -2.18. The zero-order valence-corrected chi connectivity index (χ0v) is 15.8. The molecular weight excluding hydrogens is 407 g/mol. The van der Waals surface area contributed by atoms with E-state index in [1.165, 1.54) is 17.8 Å². The number of aromatic nitrogens is 4. The third-order valence-electron chi connectivity index (χ3n) is 4.08. The molecule has 0 radical (unpaired) electrons. The molecule has 1 saturated heterocycles. The molecule has 1 N–H and O–H groups in total. The molecule has 1 aromatic heterocycles. The molecule has 0 aliphatic carbocycles. The van der Waals surface area contributed by atoms with Crippen LogP contribution in [0.15, 0.2) is 53.4 Å². The van der Waals surface area contributed by atoms with E-state index in [2.05, 4.69) is 20.6 Å². The first-order valence-corrected chi connectivity index (χ1v) is 9.34. The third kappa shape index (κ3) is 3.92. The summed E-state index contributed by atoms with van der Waals surface area (Å²) in [6.45, 7) is 0.428. The number of anilines is 1. The summed E-state index contributed by atoms with van der Waals surface area (Å²) in [6, 6.07) is 12.8. The number of nitrogens with zero attached hydrogens (tertiary/aromatic N) is 4. The number of nitrogens with one attached hydrogen (secondary N) is 1. The van der Waals surface area contributed by atoms with Gasteiger partial charge in [-0.2, -0.15) is 18.4 Å². The predicted octanol–water partition coefficient (Wildman–Crippen LogP) is 4.76. The Labute approximate surface area is 167 Å². The van der Waals surface area contributed by atoms with E-state index in [0.717, 1.165) is 28.2 Å². The van der Waals surface area contributed by atoms with Crippen LogP contribution in [0, 0.1) is 0 Å². The van der Waals surface area contributed by atoms with E-state index in [0.29, 0.717) is 22.4 Å². The lowest BCUT2D eigenvalue weighted by atomic mass is 10.1. The van der Waals surface area contributed by atoms with Gasteiger partial charge in [0.15, 0.2) is 0 Å². The molecule has 4 rings (SSSR count). The largest absolute Gasteiger partial charge is 0.416 e. The molecule has 0 unspecified atom stereocenters. The number of hydrogen-bond acceptors (Lipinski definition) is 5. The van der Waals surface area contributed by atoms with Gasteiger partial charge in [0.25, 0.3) is 0 Å². The Kier molecular flexibility index (Phi) is 4.90. The maximum atomic E-state index is 13.0. The molecule has 0 saturated carbocycles. The van der Waals surface area contributed by atoms with Gasteiger partial charge < -0.3 is 4.90 Å². The van der Waals surface area contributed by atoms with Crippen LogP contribution in [0.3, 0.4) is 0 Å². The number of benzene rings is 2. The van der Waals surface area contributed by atoms with Crippen LogP contribution in [0.5, 0.6) is 0 Å². The third-order valence-corrected chi connectivity index (χ3v) is 5.45. The highest BCUT2D eigenvalue weighted by Gasteiger charge is 2.32. The average Bonchev–Trinajstić information content (AvgIpc) is 3.32. The standard InChI is InChI=1S/C18H12F3N5S2/c19-18(20,21)13-2-1-3-14(9-13)26-10-15(28-17(26)27)8-11-4-6-12(7-5-11)16-22-24-25-23-16/h1-9H,10H2,(H,22,23,24,25). The zero-order chi connectivity index (χ0) is 19.7. The summed E-state index contributed by atoms with van der Waals surface area (Å²) in [5, 5.41) is 13.8. The Morgan fingerprint density at radius 1 is 1.14 bits per heavy atom. The van der Waals surface area contributed by atoms with Crippen molar-refractivity contribution in [3.8, 4) is 11.4 Å². The van der Waals surface area contributed by atoms with Crippen molar-refractivity contribution in [3.63, 3.8) is 0 Å². The molecule has 10 heteroatoms. The van der Waals surface area contributed by atoms with Gasteiger partial charge in [-0.05, 0) is 35.1 Å². The summed E-state index contributed by atoms with van der Waals surface area (Å²) >= 11 is 6.74. The van der Waals surface area contributed by atoms with E-state index < -0.39 is 11.7 Å². The minimum absolute atomic E-state index is 0.428. The summed E-state index contributed by atoms with van der Waals surface area (Å²) in [7, 11) is 0. The van der Waals surface area contributed by atoms with E-state index in [1.54, 1.807) is 11.0 Å². The Hall–Kier alpha value is -2.72. The summed E-state index contributed by atoms with van der Waals surface area (Å²) in [4.78, 5) is 2.66. The van der Waals surface area contributed by atoms with Crippen molar-refractivity contribution in [2.75, 3.05) is 11.4 Å². The van der Waals surface area contributed by atoms with E-state index in [1.807, 2.05) is 30.3 Å². The lowest BCUT2D eigenvalue weighted by Crippen LogP contribution is -2.22. The number of tetrazole rings is 1. The smallest absolute Gasteiger partial charge is 0.322 e. The molecule has 1 fully saturated rings. The molecule has 0 bridgehead atoms. The average molecular weight is 419 g/mol. The summed E-state index contributed by atoms with van der Waals surface area (Å²) in [5.74, 6) is 0.506. The predicted molar refractivity (Wildman–Crippen MR) is 107 cm³/mol. The van der Waals surface area contributed by atoms with Gasteiger partial charge in [0.1, 0.15) is 4.32 Å². The highest BCUT2D eigenvalue weighted by atomic mass is 32.2. The molecule has 28 heavy (non-hydrogen) atoms. The Balaban J connectivity index is 1.53. The second-order valence-electron chi connectivity index (χ2n) is 5.97. The van der Waals surface area contributed by atoms with Crippen LogP contribution >= 0.6 is 24.0 Å². The highest BCUT2D eigenvalue weighted by Crippen LogP contribution is 2.37. The molecule has 142 valence electrons. The van der Waals surface area contributed by atoms with E-state index >= 15 is 0 Å². The molecule has 1 aliphatic rings. The van der Waals surface area contributed by atoms with Crippen LogP contribution in [-0.4, -0.2) is 31.5 Å². The number of hydrogen-bond donors (Lipinski definition) is 1. The van der Waals surface area contributed by atoms with Crippen molar-refractivity contribution >= 4 is 40.1 Å². The van der Waals surface area contributed by atoms with Gasteiger partial charge in [-0.25, -0.2) is 0 Å². The second-order valence-corrected chi connectivity index (χ2v) is 7.73. The van der Waals surface area contributed by atoms with E-state index in [4.69, 9.17) is 12.2 Å². The maximum Gasteiger partial charge on any atom is 0.416 e. The quantitative estimate of drug-likeness (QED) is 0.618. The molecule has 3 aromatic rings. The summed E-state index contributed by atoms with van der Waals surface area (Å²) in [6.07, 6.45) is -2.42. The first kappa shape index (κ1) is 18.6. The van der Waals surface area contributed by atoms with Crippen LogP contribution in [0.2, 0.25) is 0 Å². The highest BCUT2D eigenvalue weighted by molar-refractivity contribution is 8.26. The van der Waals surface area contributed by atoms with Gasteiger partial charge in [-0.15, -0.1) is 10.2 Å². The monoisotopic (exact) mass is 419 g/mol. The minimum atomic E-state index is -4.39. The number of thioether (sulfide) groups is 1. The van der Waals surface area contributed by atoms with Crippen LogP contribution in [0.4, 0.5) is 18.9 Å². The van der Waals surface area contributed by atoms with Crippen LogP contribution in [0.1, 0.15) is 11.1 Å². The van der Waals surface area contributed by atoms with Crippen LogP contribution in [0.25, 0.3) is 17.5 Å². The fourth-order valence-electron chi connectivity index (χ4n) is 2.74. The van der Waals surface area contributed by atoms with Gasteiger partial charge in [-0.1, -0.05) is 54.3 Å². The molecule has 0 spiro atoms. The lowest BCUT2D eigenvalue weighted by molar-refractivity contribution is -0.137. The van der Waals surface area contributed by atoms with Crippen LogP contribution < -0.4 is 4.90 Å². The van der Waals surface area contributed by atoms with Gasteiger partial charge in [0, 0.05) is 16.2 Å². The second kappa shape index (κ2) is 7.36. The molecule has 2 heterocycles. The number of thiocarbonyl (C=S) groups is 1. The summed E-state index contributed by atoms with van der Waals surface area (Å²) in [5.41, 5.74) is 1.52.